The minimum atomic E-state index is 0.532. The van der Waals surface area contributed by atoms with Crippen LogP contribution in [0, 0.1) is 0 Å². The van der Waals surface area contributed by atoms with Crippen molar-refractivity contribution >= 4 is 5.69 Å². The molecule has 0 heterocycles. The minimum absolute atomic E-state index is 0.532. The number of rotatable bonds is 8. The third-order valence-electron chi connectivity index (χ3n) is 2.75. The fourth-order valence-corrected chi connectivity index (χ4v) is 1.65. The van der Waals surface area contributed by atoms with Gasteiger partial charge in [-0.15, -0.1) is 0 Å². The molecule has 1 N–H and O–H groups in total. The van der Waals surface area contributed by atoms with Crippen molar-refractivity contribution in [1.29, 1.82) is 0 Å². The highest BCUT2D eigenvalue weighted by atomic mass is 16.5. The van der Waals surface area contributed by atoms with Gasteiger partial charge in [-0.1, -0.05) is 19.9 Å². The molecule has 0 aliphatic carbocycles. The standard InChI is InChI=1S/C14H23NO2/c1-4-12(5-2)15-13-7-6-8-14(11-13)17-10-9-16-3/h6-8,11-12,15H,4-5,9-10H2,1-3H3. The molecule has 3 heteroatoms. The molecular formula is C14H23NO2. The summed E-state index contributed by atoms with van der Waals surface area (Å²) in [5.41, 5.74) is 1.12. The molecule has 17 heavy (non-hydrogen) atoms. The maximum atomic E-state index is 5.57. The van der Waals surface area contributed by atoms with E-state index < -0.39 is 0 Å². The van der Waals surface area contributed by atoms with Gasteiger partial charge in [0.25, 0.3) is 0 Å². The second-order valence-electron chi connectivity index (χ2n) is 4.03. The van der Waals surface area contributed by atoms with Gasteiger partial charge in [-0.25, -0.2) is 0 Å². The Morgan fingerprint density at radius 2 is 1.94 bits per heavy atom. The van der Waals surface area contributed by atoms with Crippen molar-refractivity contribution in [2.45, 2.75) is 32.7 Å². The number of anilines is 1. The molecular weight excluding hydrogens is 214 g/mol. The van der Waals surface area contributed by atoms with Crippen molar-refractivity contribution < 1.29 is 9.47 Å². The van der Waals surface area contributed by atoms with E-state index in [4.69, 9.17) is 9.47 Å². The zero-order chi connectivity index (χ0) is 12.5. The molecule has 96 valence electrons. The van der Waals surface area contributed by atoms with E-state index >= 15 is 0 Å². The molecule has 1 aromatic rings. The molecule has 0 radical (unpaired) electrons. The number of methoxy groups -OCH3 is 1. The molecule has 0 amide bonds. The van der Waals surface area contributed by atoms with Crippen molar-refractivity contribution in [2.24, 2.45) is 0 Å². The SMILES string of the molecule is CCC(CC)Nc1cccc(OCCOC)c1. The van der Waals surface area contributed by atoms with Crippen LogP contribution in [-0.2, 0) is 4.74 Å². The second-order valence-corrected chi connectivity index (χ2v) is 4.03. The van der Waals surface area contributed by atoms with Crippen LogP contribution in [-0.4, -0.2) is 26.4 Å². The number of nitrogens with one attached hydrogen (secondary N) is 1. The topological polar surface area (TPSA) is 30.5 Å². The summed E-state index contributed by atoms with van der Waals surface area (Å²) < 4.78 is 10.5. The van der Waals surface area contributed by atoms with E-state index in [1.54, 1.807) is 7.11 Å². The first-order chi connectivity index (χ1) is 8.30. The molecule has 1 aromatic carbocycles. The summed E-state index contributed by atoms with van der Waals surface area (Å²) in [6, 6.07) is 8.61. The van der Waals surface area contributed by atoms with E-state index in [0.717, 1.165) is 24.3 Å². The van der Waals surface area contributed by atoms with Crippen molar-refractivity contribution in [2.75, 3.05) is 25.6 Å². The van der Waals surface area contributed by atoms with Crippen molar-refractivity contribution in [1.82, 2.24) is 0 Å². The van der Waals surface area contributed by atoms with Crippen LogP contribution >= 0.6 is 0 Å². The third kappa shape index (κ3) is 5.09. The van der Waals surface area contributed by atoms with Gasteiger partial charge in [0.15, 0.2) is 0 Å². The Morgan fingerprint density at radius 1 is 1.18 bits per heavy atom. The van der Waals surface area contributed by atoms with Crippen molar-refractivity contribution in [3.05, 3.63) is 24.3 Å². The predicted molar refractivity (Wildman–Crippen MR) is 71.8 cm³/mol. The van der Waals surface area contributed by atoms with E-state index in [9.17, 15) is 0 Å². The Kier molecular flexibility index (Phi) is 6.48. The van der Waals surface area contributed by atoms with Crippen LogP contribution in [0.3, 0.4) is 0 Å². The maximum absolute atomic E-state index is 5.57. The van der Waals surface area contributed by atoms with E-state index in [-0.39, 0.29) is 0 Å². The van der Waals surface area contributed by atoms with Gasteiger partial charge in [-0.3, -0.25) is 0 Å². The summed E-state index contributed by atoms with van der Waals surface area (Å²) >= 11 is 0. The summed E-state index contributed by atoms with van der Waals surface area (Å²) in [6.45, 7) is 5.59. The summed E-state index contributed by atoms with van der Waals surface area (Å²) in [6.07, 6.45) is 2.26. The van der Waals surface area contributed by atoms with Gasteiger partial charge in [-0.2, -0.15) is 0 Å². The Bertz CT molecular complexity index is 311. The molecule has 0 unspecified atom stereocenters. The summed E-state index contributed by atoms with van der Waals surface area (Å²) in [5, 5.41) is 3.50. The highest BCUT2D eigenvalue weighted by molar-refractivity contribution is 5.48. The first kappa shape index (κ1) is 13.8. The van der Waals surface area contributed by atoms with E-state index in [2.05, 4.69) is 25.2 Å². The second kappa shape index (κ2) is 7.96. The van der Waals surface area contributed by atoms with E-state index in [1.165, 1.54) is 0 Å². The van der Waals surface area contributed by atoms with Gasteiger partial charge >= 0.3 is 0 Å². The predicted octanol–water partition coefficient (Wildman–Crippen LogP) is 3.31. The van der Waals surface area contributed by atoms with Crippen LogP contribution in [0.5, 0.6) is 5.75 Å². The highest BCUT2D eigenvalue weighted by Gasteiger charge is 2.03. The lowest BCUT2D eigenvalue weighted by atomic mass is 10.1. The maximum Gasteiger partial charge on any atom is 0.121 e. The summed E-state index contributed by atoms with van der Waals surface area (Å²) in [7, 11) is 1.68. The number of hydrogen-bond acceptors (Lipinski definition) is 3. The molecule has 0 bridgehead atoms. The third-order valence-corrected chi connectivity index (χ3v) is 2.75. The van der Waals surface area contributed by atoms with Crippen LogP contribution in [0.4, 0.5) is 5.69 Å². The zero-order valence-corrected chi connectivity index (χ0v) is 11.0. The summed E-state index contributed by atoms with van der Waals surface area (Å²) in [5.74, 6) is 0.887. The van der Waals surface area contributed by atoms with Crippen LogP contribution in [0.1, 0.15) is 26.7 Å². The van der Waals surface area contributed by atoms with E-state index in [0.29, 0.717) is 19.3 Å². The lowest BCUT2D eigenvalue weighted by Gasteiger charge is -2.16. The normalized spacial score (nSPS) is 10.6. The minimum Gasteiger partial charge on any atom is -0.491 e. The van der Waals surface area contributed by atoms with Gasteiger partial charge in [0.2, 0.25) is 0 Å². The molecule has 0 spiro atoms. The molecule has 0 aliphatic rings. The van der Waals surface area contributed by atoms with Crippen molar-refractivity contribution in [3.8, 4) is 5.75 Å². The first-order valence-corrected chi connectivity index (χ1v) is 6.28. The Morgan fingerprint density at radius 3 is 2.59 bits per heavy atom. The smallest absolute Gasteiger partial charge is 0.121 e. The quantitative estimate of drug-likeness (QED) is 0.704. The fraction of sp³-hybridized carbons (Fsp3) is 0.571. The molecule has 0 aromatic heterocycles. The molecule has 0 fully saturated rings. The fourth-order valence-electron chi connectivity index (χ4n) is 1.65. The molecule has 1 rings (SSSR count). The van der Waals surface area contributed by atoms with Gasteiger partial charge in [0, 0.05) is 24.9 Å². The molecule has 0 saturated carbocycles. The number of benzene rings is 1. The lowest BCUT2D eigenvalue weighted by molar-refractivity contribution is 0.146. The number of ether oxygens (including phenoxy) is 2. The van der Waals surface area contributed by atoms with Crippen LogP contribution < -0.4 is 10.1 Å². The average Bonchev–Trinajstić information content (AvgIpc) is 2.37. The van der Waals surface area contributed by atoms with Crippen molar-refractivity contribution in [3.63, 3.8) is 0 Å². The van der Waals surface area contributed by atoms with Crippen LogP contribution in [0.15, 0.2) is 24.3 Å². The van der Waals surface area contributed by atoms with Gasteiger partial charge in [0.05, 0.1) is 6.61 Å². The molecule has 3 nitrogen and oxygen atoms in total. The Labute approximate surface area is 104 Å². The van der Waals surface area contributed by atoms with E-state index in [1.807, 2.05) is 18.2 Å². The molecule has 0 aliphatic heterocycles. The lowest BCUT2D eigenvalue weighted by Crippen LogP contribution is -2.16. The largest absolute Gasteiger partial charge is 0.491 e. The summed E-state index contributed by atoms with van der Waals surface area (Å²) in [4.78, 5) is 0. The van der Waals surface area contributed by atoms with Crippen LogP contribution in [0.2, 0.25) is 0 Å². The molecule has 0 atom stereocenters. The molecule has 0 saturated heterocycles. The monoisotopic (exact) mass is 237 g/mol. The van der Waals surface area contributed by atoms with Gasteiger partial charge in [0.1, 0.15) is 12.4 Å². The zero-order valence-electron chi connectivity index (χ0n) is 11.0. The highest BCUT2D eigenvalue weighted by Crippen LogP contribution is 2.19. The Balaban J connectivity index is 2.52. The van der Waals surface area contributed by atoms with Gasteiger partial charge < -0.3 is 14.8 Å². The Hall–Kier alpha value is -1.22. The number of hydrogen-bond donors (Lipinski definition) is 1. The average molecular weight is 237 g/mol. The van der Waals surface area contributed by atoms with Crippen LogP contribution in [0.25, 0.3) is 0 Å². The first-order valence-electron chi connectivity index (χ1n) is 6.28. The van der Waals surface area contributed by atoms with Gasteiger partial charge in [-0.05, 0) is 25.0 Å².